The Morgan fingerprint density at radius 2 is 1.95 bits per heavy atom. The van der Waals surface area contributed by atoms with Crippen molar-refractivity contribution in [3.05, 3.63) is 39.3 Å². The number of ether oxygens (including phenoxy) is 2. The van der Waals surface area contributed by atoms with Crippen molar-refractivity contribution in [1.29, 1.82) is 0 Å². The molecule has 2 rings (SSSR count). The molecule has 0 spiro atoms. The molecule has 9 heteroatoms. The number of nitrogens with zero attached hydrogens (tertiary/aromatic N) is 1. The molecule has 2 aromatic rings. The molecular weight excluding hydrogens is 369 g/mol. The van der Waals surface area contributed by atoms with Crippen LogP contribution in [-0.4, -0.2) is 22.9 Å². The van der Waals surface area contributed by atoms with Gasteiger partial charge < -0.3 is 9.47 Å². The molecule has 0 unspecified atom stereocenters. The van der Waals surface area contributed by atoms with Gasteiger partial charge in [0.2, 0.25) is 0 Å². The lowest BCUT2D eigenvalue weighted by molar-refractivity contribution is 0.0526. The van der Waals surface area contributed by atoms with Crippen molar-refractivity contribution >= 4 is 57.6 Å². The van der Waals surface area contributed by atoms with Gasteiger partial charge in [-0.2, -0.15) is 0 Å². The van der Waals surface area contributed by atoms with Crippen molar-refractivity contribution in [1.82, 2.24) is 4.98 Å². The van der Waals surface area contributed by atoms with Crippen molar-refractivity contribution in [2.24, 2.45) is 0 Å². The normalized spacial score (nSPS) is 10.3. The third-order valence-electron chi connectivity index (χ3n) is 2.27. The second kappa shape index (κ2) is 7.82. The van der Waals surface area contributed by atoms with Crippen molar-refractivity contribution in [2.75, 3.05) is 6.61 Å². The maximum Gasteiger partial charge on any atom is 0.379 e. The largest absolute Gasteiger partial charge is 0.462 e. The third kappa shape index (κ3) is 4.61. The zero-order valence-corrected chi connectivity index (χ0v) is 14.3. The van der Waals surface area contributed by atoms with Crippen molar-refractivity contribution in [3.63, 3.8) is 0 Å². The SMILES string of the molecule is CCOC(=O)c1ccc(OC(=O)Sc2nc(Cl)c(Cl)s2)cc1. The quantitative estimate of drug-likeness (QED) is 0.556. The van der Waals surface area contributed by atoms with E-state index in [1.165, 1.54) is 24.3 Å². The van der Waals surface area contributed by atoms with Gasteiger partial charge in [0, 0.05) is 11.8 Å². The third-order valence-corrected chi connectivity index (χ3v) is 4.81. The second-order valence-corrected chi connectivity index (χ2v) is 6.88. The van der Waals surface area contributed by atoms with Crippen molar-refractivity contribution < 1.29 is 19.1 Å². The molecule has 0 aliphatic rings. The maximum atomic E-state index is 11.8. The lowest BCUT2D eigenvalue weighted by atomic mass is 10.2. The van der Waals surface area contributed by atoms with Gasteiger partial charge in [-0.15, -0.1) is 0 Å². The lowest BCUT2D eigenvalue weighted by Crippen LogP contribution is -2.05. The molecule has 5 nitrogen and oxygen atoms in total. The molecule has 0 radical (unpaired) electrons. The van der Waals surface area contributed by atoms with E-state index in [0.717, 1.165) is 23.1 Å². The highest BCUT2D eigenvalue weighted by atomic mass is 35.5. The molecule has 116 valence electrons. The molecule has 1 aromatic heterocycles. The minimum Gasteiger partial charge on any atom is -0.462 e. The summed E-state index contributed by atoms with van der Waals surface area (Å²) in [5.41, 5.74) is 0.382. The Kier molecular flexibility index (Phi) is 6.07. The van der Waals surface area contributed by atoms with Gasteiger partial charge in [-0.25, -0.2) is 14.6 Å². The number of halogens is 2. The molecule has 0 atom stereocenters. The fraction of sp³-hybridized carbons (Fsp3) is 0.154. The number of hydrogen-bond acceptors (Lipinski definition) is 7. The molecule has 0 bridgehead atoms. The standard InChI is InChI=1S/C13H9Cl2NO4S2/c1-2-19-11(17)7-3-5-8(6-4-7)20-13(18)22-12-16-9(14)10(15)21-12/h3-6H,2H2,1H3. The van der Waals surface area contributed by atoms with Crippen LogP contribution in [0.5, 0.6) is 5.75 Å². The van der Waals surface area contributed by atoms with Crippen LogP contribution in [0.3, 0.4) is 0 Å². The summed E-state index contributed by atoms with van der Waals surface area (Å²) in [6.45, 7) is 2.02. The van der Waals surface area contributed by atoms with Crippen LogP contribution < -0.4 is 4.74 Å². The molecule has 0 aliphatic heterocycles. The zero-order valence-electron chi connectivity index (χ0n) is 11.2. The Hall–Kier alpha value is -1.28. The number of esters is 1. The number of thioether (sulfide) groups is 1. The number of carbonyl (C=O) groups is 2. The molecule has 0 N–H and O–H groups in total. The van der Waals surface area contributed by atoms with Crippen LogP contribution in [0.4, 0.5) is 4.79 Å². The number of carbonyl (C=O) groups excluding carboxylic acids is 2. The van der Waals surface area contributed by atoms with Crippen LogP contribution in [0, 0.1) is 0 Å². The Labute approximate surface area is 144 Å². The summed E-state index contributed by atoms with van der Waals surface area (Å²) in [5.74, 6) is -0.124. The molecule has 1 aromatic carbocycles. The summed E-state index contributed by atoms with van der Waals surface area (Å²) in [5, 5.41) is -0.424. The number of rotatable bonds is 4. The summed E-state index contributed by atoms with van der Waals surface area (Å²) in [6.07, 6.45) is 0. The van der Waals surface area contributed by atoms with Crippen LogP contribution in [0.15, 0.2) is 28.6 Å². The van der Waals surface area contributed by atoms with Gasteiger partial charge >= 0.3 is 11.3 Å². The van der Waals surface area contributed by atoms with Crippen molar-refractivity contribution in [3.8, 4) is 5.75 Å². The van der Waals surface area contributed by atoms with Gasteiger partial charge in [0.1, 0.15) is 10.1 Å². The number of hydrogen-bond donors (Lipinski definition) is 0. The van der Waals surface area contributed by atoms with E-state index in [1.807, 2.05) is 0 Å². The highest BCUT2D eigenvalue weighted by molar-refractivity contribution is 8.14. The topological polar surface area (TPSA) is 65.5 Å². The Bertz CT molecular complexity index is 668. The monoisotopic (exact) mass is 377 g/mol. The van der Waals surface area contributed by atoms with E-state index in [4.69, 9.17) is 32.7 Å². The summed E-state index contributed by atoms with van der Waals surface area (Å²) in [4.78, 5) is 27.1. The van der Waals surface area contributed by atoms with Crippen LogP contribution >= 0.6 is 46.3 Å². The van der Waals surface area contributed by atoms with Crippen molar-refractivity contribution in [2.45, 2.75) is 11.3 Å². The van der Waals surface area contributed by atoms with E-state index in [2.05, 4.69) is 4.98 Å². The number of benzene rings is 1. The molecule has 0 aliphatic carbocycles. The highest BCUT2D eigenvalue weighted by Gasteiger charge is 2.14. The predicted molar refractivity (Wildman–Crippen MR) is 86.4 cm³/mol. The van der Waals surface area contributed by atoms with E-state index < -0.39 is 11.3 Å². The van der Waals surface area contributed by atoms with E-state index in [1.54, 1.807) is 6.92 Å². The van der Waals surface area contributed by atoms with Crippen LogP contribution in [-0.2, 0) is 4.74 Å². The highest BCUT2D eigenvalue weighted by Crippen LogP contribution is 2.34. The summed E-state index contributed by atoms with van der Waals surface area (Å²) < 4.78 is 10.7. The van der Waals surface area contributed by atoms with Crippen LogP contribution in [0.2, 0.25) is 9.49 Å². The summed E-state index contributed by atoms with van der Waals surface area (Å²) in [6, 6.07) is 6.05. The first kappa shape index (κ1) is 17.1. The Morgan fingerprint density at radius 3 is 2.50 bits per heavy atom. The van der Waals surface area contributed by atoms with Crippen LogP contribution in [0.1, 0.15) is 17.3 Å². The minimum atomic E-state index is -0.578. The van der Waals surface area contributed by atoms with Gasteiger partial charge in [0.05, 0.1) is 12.2 Å². The number of aromatic nitrogens is 1. The van der Waals surface area contributed by atoms with Gasteiger partial charge in [-0.3, -0.25) is 0 Å². The molecule has 1 heterocycles. The van der Waals surface area contributed by atoms with E-state index in [9.17, 15) is 9.59 Å². The van der Waals surface area contributed by atoms with Gasteiger partial charge in [0.15, 0.2) is 9.49 Å². The lowest BCUT2D eigenvalue weighted by Gasteiger charge is -2.04. The van der Waals surface area contributed by atoms with E-state index in [0.29, 0.717) is 26.6 Å². The molecule has 22 heavy (non-hydrogen) atoms. The zero-order chi connectivity index (χ0) is 16.1. The summed E-state index contributed by atoms with van der Waals surface area (Å²) >= 11 is 13.3. The summed E-state index contributed by atoms with van der Waals surface area (Å²) in [7, 11) is 0. The van der Waals surface area contributed by atoms with Gasteiger partial charge in [0.25, 0.3) is 0 Å². The van der Waals surface area contributed by atoms with Crippen LogP contribution in [0.25, 0.3) is 0 Å². The second-order valence-electron chi connectivity index (χ2n) is 3.74. The first-order chi connectivity index (χ1) is 10.5. The Balaban J connectivity index is 1.95. The van der Waals surface area contributed by atoms with E-state index in [-0.39, 0.29) is 5.15 Å². The maximum absolute atomic E-state index is 11.8. The molecule has 0 saturated heterocycles. The molecular formula is C13H9Cl2NO4S2. The average Bonchev–Trinajstić information content (AvgIpc) is 2.78. The smallest absolute Gasteiger partial charge is 0.379 e. The van der Waals surface area contributed by atoms with E-state index >= 15 is 0 Å². The minimum absolute atomic E-state index is 0.153. The number of thiazole rings is 1. The first-order valence-corrected chi connectivity index (χ1v) is 8.37. The predicted octanol–water partition coefficient (Wildman–Crippen LogP) is 4.92. The van der Waals surface area contributed by atoms with Gasteiger partial charge in [-0.05, 0) is 31.2 Å². The first-order valence-electron chi connectivity index (χ1n) is 5.98. The Morgan fingerprint density at radius 1 is 1.27 bits per heavy atom. The van der Waals surface area contributed by atoms with Gasteiger partial charge in [-0.1, -0.05) is 34.5 Å². The fourth-order valence-corrected chi connectivity index (χ4v) is 3.53. The molecule has 0 saturated carbocycles. The average molecular weight is 378 g/mol. The molecule has 0 amide bonds. The molecule has 0 fully saturated rings. The fourth-order valence-electron chi connectivity index (χ4n) is 1.37.